The fraction of sp³-hybridized carbons (Fsp3) is 0.600. The van der Waals surface area contributed by atoms with Crippen LogP contribution in [0, 0.1) is 13.8 Å². The fourth-order valence-electron chi connectivity index (χ4n) is 2.25. The third-order valence-electron chi connectivity index (χ3n) is 3.55. The monoisotopic (exact) mass is 420 g/mol. The molecular weight excluding hydrogens is 388 g/mol. The first-order valence-corrected chi connectivity index (χ1v) is 11.0. The minimum Gasteiger partial charge on any atom is -0.305 e. The summed E-state index contributed by atoms with van der Waals surface area (Å²) in [6.45, 7) is 20.6. The first-order chi connectivity index (χ1) is 12.8. The Kier molecular flexibility index (Phi) is 6.66. The zero-order valence-electron chi connectivity index (χ0n) is 18.6. The van der Waals surface area contributed by atoms with E-state index in [0.717, 1.165) is 42.6 Å². The van der Waals surface area contributed by atoms with Gasteiger partial charge in [-0.05, 0) is 69.2 Å². The molecule has 2 heterocycles. The van der Waals surface area contributed by atoms with Gasteiger partial charge in [-0.3, -0.25) is 0 Å². The van der Waals surface area contributed by atoms with Gasteiger partial charge in [0.15, 0.2) is 10.0 Å². The van der Waals surface area contributed by atoms with Crippen molar-refractivity contribution in [3.8, 4) is 10.0 Å². The van der Waals surface area contributed by atoms with Crippen LogP contribution in [0.1, 0.15) is 76.5 Å². The third kappa shape index (κ3) is 6.10. The molecule has 0 fully saturated rings. The average Bonchev–Trinajstić information content (AvgIpc) is 3.12. The van der Waals surface area contributed by atoms with Crippen LogP contribution >= 0.6 is 22.7 Å². The SMILES string of the molecule is C/C(=N\NC(C)(C)C)c1sc(-c2nc(C)c(/C(C)=N/NC(C)(C)C)s2)nc1C. The Morgan fingerprint density at radius 1 is 0.714 bits per heavy atom. The molecule has 154 valence electrons. The summed E-state index contributed by atoms with van der Waals surface area (Å²) < 4.78 is 0. The van der Waals surface area contributed by atoms with Crippen molar-refractivity contribution < 1.29 is 0 Å². The van der Waals surface area contributed by atoms with Gasteiger partial charge >= 0.3 is 0 Å². The van der Waals surface area contributed by atoms with Crippen LogP contribution in [0.15, 0.2) is 10.2 Å². The van der Waals surface area contributed by atoms with Crippen molar-refractivity contribution >= 4 is 34.1 Å². The fourth-order valence-corrected chi connectivity index (χ4v) is 4.29. The van der Waals surface area contributed by atoms with Crippen molar-refractivity contribution in [2.24, 2.45) is 10.2 Å². The molecule has 0 aliphatic rings. The number of nitrogens with one attached hydrogen (secondary N) is 2. The molecule has 2 aromatic rings. The lowest BCUT2D eigenvalue weighted by atomic mass is 10.1. The second-order valence-electron chi connectivity index (χ2n) is 8.99. The number of aryl methyl sites for hydroxylation is 2. The van der Waals surface area contributed by atoms with Crippen molar-refractivity contribution in [2.75, 3.05) is 0 Å². The molecule has 0 unspecified atom stereocenters. The van der Waals surface area contributed by atoms with Gasteiger partial charge in [-0.25, -0.2) is 9.97 Å². The summed E-state index contributed by atoms with van der Waals surface area (Å²) in [5.74, 6) is 0. The van der Waals surface area contributed by atoms with E-state index in [2.05, 4.69) is 62.6 Å². The lowest BCUT2D eigenvalue weighted by Gasteiger charge is -2.18. The predicted molar refractivity (Wildman–Crippen MR) is 123 cm³/mol. The van der Waals surface area contributed by atoms with E-state index in [0.29, 0.717) is 0 Å². The number of hydrogen-bond donors (Lipinski definition) is 2. The largest absolute Gasteiger partial charge is 0.305 e. The first kappa shape index (κ1) is 22.5. The number of thiazole rings is 2. The number of nitrogens with zero attached hydrogens (tertiary/aromatic N) is 4. The van der Waals surface area contributed by atoms with Crippen LogP contribution in [0.25, 0.3) is 10.0 Å². The minimum atomic E-state index is -0.0675. The number of hydrogen-bond acceptors (Lipinski definition) is 8. The molecule has 2 N–H and O–H groups in total. The van der Waals surface area contributed by atoms with E-state index in [4.69, 9.17) is 9.97 Å². The Hall–Kier alpha value is -1.80. The molecule has 28 heavy (non-hydrogen) atoms. The van der Waals surface area contributed by atoms with Gasteiger partial charge in [-0.1, -0.05) is 0 Å². The van der Waals surface area contributed by atoms with Gasteiger partial charge in [0.05, 0.1) is 32.6 Å². The lowest BCUT2D eigenvalue weighted by molar-refractivity contribution is 0.441. The summed E-state index contributed by atoms with van der Waals surface area (Å²) in [5.41, 5.74) is 10.1. The van der Waals surface area contributed by atoms with Crippen molar-refractivity contribution in [2.45, 2.75) is 80.3 Å². The van der Waals surface area contributed by atoms with Gasteiger partial charge in [-0.2, -0.15) is 10.2 Å². The Balaban J connectivity index is 2.31. The summed E-state index contributed by atoms with van der Waals surface area (Å²) in [6.07, 6.45) is 0. The van der Waals surface area contributed by atoms with E-state index in [-0.39, 0.29) is 11.1 Å². The summed E-state index contributed by atoms with van der Waals surface area (Å²) in [6, 6.07) is 0. The molecule has 0 saturated heterocycles. The maximum atomic E-state index is 4.75. The smallest absolute Gasteiger partial charge is 0.153 e. The van der Waals surface area contributed by atoms with Gasteiger partial charge in [0, 0.05) is 11.1 Å². The Bertz CT molecular complexity index is 817. The van der Waals surface area contributed by atoms with Crippen molar-refractivity contribution in [1.82, 2.24) is 20.8 Å². The topological polar surface area (TPSA) is 74.6 Å². The molecule has 6 nitrogen and oxygen atoms in total. The maximum absolute atomic E-state index is 4.75. The molecule has 0 saturated carbocycles. The Labute approximate surface area is 176 Å². The van der Waals surface area contributed by atoms with Crippen LogP contribution in [0.2, 0.25) is 0 Å². The molecular formula is C20H32N6S2. The summed E-state index contributed by atoms with van der Waals surface area (Å²) in [7, 11) is 0. The highest BCUT2D eigenvalue weighted by Gasteiger charge is 2.18. The maximum Gasteiger partial charge on any atom is 0.153 e. The molecule has 0 aliphatic carbocycles. The Morgan fingerprint density at radius 3 is 1.32 bits per heavy atom. The molecule has 0 aliphatic heterocycles. The van der Waals surface area contributed by atoms with Gasteiger partial charge in [0.2, 0.25) is 0 Å². The van der Waals surface area contributed by atoms with Gasteiger partial charge in [0.25, 0.3) is 0 Å². The normalized spacial score (nSPS) is 13.8. The van der Waals surface area contributed by atoms with Crippen molar-refractivity contribution in [3.63, 3.8) is 0 Å². The summed E-state index contributed by atoms with van der Waals surface area (Å²) in [5, 5.41) is 10.9. The van der Waals surface area contributed by atoms with Gasteiger partial charge in [0.1, 0.15) is 0 Å². The van der Waals surface area contributed by atoms with Gasteiger partial charge in [-0.15, -0.1) is 22.7 Å². The zero-order valence-corrected chi connectivity index (χ0v) is 20.2. The predicted octanol–water partition coefficient (Wildman–Crippen LogP) is 5.11. The second kappa shape index (κ2) is 8.29. The van der Waals surface area contributed by atoms with Crippen molar-refractivity contribution in [3.05, 3.63) is 21.1 Å². The number of rotatable bonds is 5. The van der Waals surface area contributed by atoms with Crippen LogP contribution < -0.4 is 10.9 Å². The van der Waals surface area contributed by atoms with Crippen LogP contribution in [0.3, 0.4) is 0 Å². The van der Waals surface area contributed by atoms with E-state index < -0.39 is 0 Å². The Morgan fingerprint density at radius 2 is 1.04 bits per heavy atom. The molecule has 2 rings (SSSR count). The molecule has 8 heteroatoms. The van der Waals surface area contributed by atoms with E-state index in [1.54, 1.807) is 22.7 Å². The average molecular weight is 421 g/mol. The number of hydrazone groups is 2. The molecule has 0 amide bonds. The highest BCUT2D eigenvalue weighted by atomic mass is 32.1. The van der Waals surface area contributed by atoms with Crippen LogP contribution in [0.5, 0.6) is 0 Å². The van der Waals surface area contributed by atoms with Crippen LogP contribution in [-0.4, -0.2) is 32.5 Å². The van der Waals surface area contributed by atoms with E-state index in [1.165, 1.54) is 0 Å². The standard InChI is InChI=1S/C20H32N6S2/c1-11-15(13(3)23-25-19(5,6)7)27-17(21-11)18-22-12(2)16(28-18)14(4)24-26-20(8,9)10/h25-26H,1-10H3/b23-13+,24-14+. The second-order valence-corrected chi connectivity index (χ2v) is 11.0. The molecule has 0 bridgehead atoms. The van der Waals surface area contributed by atoms with Crippen LogP contribution in [0.4, 0.5) is 0 Å². The van der Waals surface area contributed by atoms with Crippen molar-refractivity contribution in [1.29, 1.82) is 0 Å². The minimum absolute atomic E-state index is 0.0675. The van der Waals surface area contributed by atoms with Crippen LogP contribution in [-0.2, 0) is 0 Å². The quantitative estimate of drug-likeness (QED) is 0.521. The highest BCUT2D eigenvalue weighted by Crippen LogP contribution is 2.33. The number of aromatic nitrogens is 2. The van der Waals surface area contributed by atoms with E-state index in [9.17, 15) is 0 Å². The highest BCUT2D eigenvalue weighted by molar-refractivity contribution is 7.23. The molecule has 0 atom stereocenters. The molecule has 0 aromatic carbocycles. The summed E-state index contributed by atoms with van der Waals surface area (Å²) in [4.78, 5) is 11.7. The molecule has 2 aromatic heterocycles. The van der Waals surface area contributed by atoms with E-state index in [1.807, 2.05) is 27.7 Å². The van der Waals surface area contributed by atoms with E-state index >= 15 is 0 Å². The lowest BCUT2D eigenvalue weighted by Crippen LogP contribution is -2.32. The third-order valence-corrected chi connectivity index (χ3v) is 6.23. The van der Waals surface area contributed by atoms with Gasteiger partial charge < -0.3 is 10.9 Å². The summed E-state index contributed by atoms with van der Waals surface area (Å²) >= 11 is 3.27. The first-order valence-electron chi connectivity index (χ1n) is 9.36. The zero-order chi connectivity index (χ0) is 21.3. The molecule has 0 spiro atoms. The molecule has 0 radical (unpaired) electrons.